The van der Waals surface area contributed by atoms with Gasteiger partial charge < -0.3 is 10.1 Å². The molecule has 5 heteroatoms. The zero-order valence-corrected chi connectivity index (χ0v) is 11.5. The van der Waals surface area contributed by atoms with E-state index >= 15 is 0 Å². The van der Waals surface area contributed by atoms with Gasteiger partial charge in [-0.1, -0.05) is 18.2 Å². The van der Waals surface area contributed by atoms with Gasteiger partial charge in [0.15, 0.2) is 5.82 Å². The van der Waals surface area contributed by atoms with Crippen LogP contribution >= 0.6 is 0 Å². The summed E-state index contributed by atoms with van der Waals surface area (Å²) in [5.41, 5.74) is 0. The second kappa shape index (κ2) is 6.52. The highest BCUT2D eigenvalue weighted by Crippen LogP contribution is 2.19. The zero-order valence-electron chi connectivity index (χ0n) is 11.5. The molecule has 1 fully saturated rings. The maximum Gasteiger partial charge on any atom is 0.155 e. The number of hydrogen-bond acceptors (Lipinski definition) is 4. The summed E-state index contributed by atoms with van der Waals surface area (Å²) in [4.78, 5) is 4.58. The van der Waals surface area contributed by atoms with Crippen LogP contribution in [0.5, 0.6) is 5.75 Å². The number of rotatable bonds is 5. The SMILES string of the molecule is c1ccc(OCCc2nc(C3CCCNC3)n[nH]2)cc1. The van der Waals surface area contributed by atoms with E-state index < -0.39 is 0 Å². The summed E-state index contributed by atoms with van der Waals surface area (Å²) in [5, 5.41) is 10.7. The van der Waals surface area contributed by atoms with Crippen LogP contribution in [-0.4, -0.2) is 34.9 Å². The van der Waals surface area contributed by atoms with E-state index in [1.165, 1.54) is 12.8 Å². The molecule has 2 N–H and O–H groups in total. The lowest BCUT2D eigenvalue weighted by Crippen LogP contribution is -2.28. The van der Waals surface area contributed by atoms with E-state index in [1.54, 1.807) is 0 Å². The van der Waals surface area contributed by atoms with Crippen LogP contribution in [0, 0.1) is 0 Å². The fourth-order valence-corrected chi connectivity index (χ4v) is 2.46. The second-order valence-electron chi connectivity index (χ2n) is 5.10. The van der Waals surface area contributed by atoms with Crippen LogP contribution in [0.2, 0.25) is 0 Å². The third kappa shape index (κ3) is 3.36. The molecule has 0 radical (unpaired) electrons. The molecule has 1 unspecified atom stereocenters. The molecular formula is C15H20N4O. The van der Waals surface area contributed by atoms with Crippen molar-refractivity contribution in [1.29, 1.82) is 0 Å². The van der Waals surface area contributed by atoms with Crippen molar-refractivity contribution >= 4 is 0 Å². The van der Waals surface area contributed by atoms with E-state index in [9.17, 15) is 0 Å². The number of aromatic amines is 1. The minimum Gasteiger partial charge on any atom is -0.493 e. The molecule has 5 nitrogen and oxygen atoms in total. The molecule has 2 aromatic rings. The van der Waals surface area contributed by atoms with Gasteiger partial charge in [-0.2, -0.15) is 5.10 Å². The number of H-pyrrole nitrogens is 1. The first-order chi connectivity index (χ1) is 9.92. The summed E-state index contributed by atoms with van der Waals surface area (Å²) in [5.74, 6) is 3.18. The van der Waals surface area contributed by atoms with E-state index in [2.05, 4.69) is 20.5 Å². The standard InChI is InChI=1S/C15H20N4O/c1-2-6-13(7-3-1)20-10-8-14-17-15(19-18-14)12-5-4-9-16-11-12/h1-3,6-7,12,16H,4-5,8-11H2,(H,17,18,19). The summed E-state index contributed by atoms with van der Waals surface area (Å²) < 4.78 is 5.66. The Labute approximate surface area is 118 Å². The summed E-state index contributed by atoms with van der Waals surface area (Å²) in [6, 6.07) is 9.84. The summed E-state index contributed by atoms with van der Waals surface area (Å²) in [6.45, 7) is 2.71. The fraction of sp³-hybridized carbons (Fsp3) is 0.467. The number of para-hydroxylation sites is 1. The molecule has 1 aromatic heterocycles. The zero-order chi connectivity index (χ0) is 13.6. The Bertz CT molecular complexity index is 520. The highest BCUT2D eigenvalue weighted by atomic mass is 16.5. The Hall–Kier alpha value is -1.88. The van der Waals surface area contributed by atoms with E-state index in [1.807, 2.05) is 30.3 Å². The van der Waals surface area contributed by atoms with Crippen molar-refractivity contribution < 1.29 is 4.74 Å². The molecule has 0 amide bonds. The number of piperidine rings is 1. The first-order valence-electron chi connectivity index (χ1n) is 7.21. The molecule has 0 saturated carbocycles. The van der Waals surface area contributed by atoms with Gasteiger partial charge >= 0.3 is 0 Å². The molecule has 106 valence electrons. The average molecular weight is 272 g/mol. The smallest absolute Gasteiger partial charge is 0.155 e. The molecule has 1 aliphatic rings. The molecule has 2 heterocycles. The lowest BCUT2D eigenvalue weighted by atomic mass is 9.99. The lowest BCUT2D eigenvalue weighted by molar-refractivity contribution is 0.319. The molecular weight excluding hydrogens is 252 g/mol. The summed E-state index contributed by atoms with van der Waals surface area (Å²) in [6.07, 6.45) is 3.12. The highest BCUT2D eigenvalue weighted by Gasteiger charge is 2.19. The van der Waals surface area contributed by atoms with Crippen molar-refractivity contribution in [3.8, 4) is 5.75 Å². The number of nitrogens with one attached hydrogen (secondary N) is 2. The summed E-state index contributed by atoms with van der Waals surface area (Å²) in [7, 11) is 0. The van der Waals surface area contributed by atoms with Gasteiger partial charge in [0.1, 0.15) is 11.6 Å². The third-order valence-corrected chi connectivity index (χ3v) is 3.56. The van der Waals surface area contributed by atoms with Gasteiger partial charge in [-0.15, -0.1) is 0 Å². The van der Waals surface area contributed by atoms with Crippen LogP contribution in [0.15, 0.2) is 30.3 Å². The van der Waals surface area contributed by atoms with Gasteiger partial charge in [0.2, 0.25) is 0 Å². The van der Waals surface area contributed by atoms with Crippen molar-refractivity contribution in [2.45, 2.75) is 25.2 Å². The monoisotopic (exact) mass is 272 g/mol. The van der Waals surface area contributed by atoms with E-state index in [-0.39, 0.29) is 0 Å². The van der Waals surface area contributed by atoms with Crippen LogP contribution in [-0.2, 0) is 6.42 Å². The minimum atomic E-state index is 0.448. The van der Waals surface area contributed by atoms with Gasteiger partial charge in [0, 0.05) is 18.9 Å². The summed E-state index contributed by atoms with van der Waals surface area (Å²) >= 11 is 0. The van der Waals surface area contributed by atoms with E-state index in [0.717, 1.165) is 36.9 Å². The first kappa shape index (κ1) is 13.1. The Kier molecular flexibility index (Phi) is 4.28. The molecule has 1 aliphatic heterocycles. The third-order valence-electron chi connectivity index (χ3n) is 3.56. The van der Waals surface area contributed by atoms with Crippen molar-refractivity contribution in [2.24, 2.45) is 0 Å². The van der Waals surface area contributed by atoms with Crippen LogP contribution in [0.25, 0.3) is 0 Å². The highest BCUT2D eigenvalue weighted by molar-refractivity contribution is 5.20. The van der Waals surface area contributed by atoms with Crippen LogP contribution in [0.4, 0.5) is 0 Å². The predicted molar refractivity (Wildman–Crippen MR) is 76.9 cm³/mol. The quantitative estimate of drug-likeness (QED) is 0.872. The van der Waals surface area contributed by atoms with Gasteiger partial charge in [-0.25, -0.2) is 4.98 Å². The molecule has 1 aromatic carbocycles. The van der Waals surface area contributed by atoms with Crippen LogP contribution < -0.4 is 10.1 Å². The Morgan fingerprint density at radius 1 is 1.25 bits per heavy atom. The van der Waals surface area contributed by atoms with Gasteiger partial charge in [0.05, 0.1) is 6.61 Å². The largest absolute Gasteiger partial charge is 0.493 e. The minimum absolute atomic E-state index is 0.448. The number of nitrogens with zero attached hydrogens (tertiary/aromatic N) is 2. The Morgan fingerprint density at radius 2 is 2.15 bits per heavy atom. The van der Waals surface area contributed by atoms with Gasteiger partial charge in [-0.05, 0) is 31.5 Å². The van der Waals surface area contributed by atoms with Gasteiger partial charge in [0.25, 0.3) is 0 Å². The molecule has 0 bridgehead atoms. The van der Waals surface area contributed by atoms with Crippen molar-refractivity contribution in [1.82, 2.24) is 20.5 Å². The van der Waals surface area contributed by atoms with Crippen molar-refractivity contribution in [3.63, 3.8) is 0 Å². The van der Waals surface area contributed by atoms with Crippen molar-refractivity contribution in [3.05, 3.63) is 42.0 Å². The topological polar surface area (TPSA) is 62.8 Å². The molecule has 1 saturated heterocycles. The van der Waals surface area contributed by atoms with Crippen molar-refractivity contribution in [2.75, 3.05) is 19.7 Å². The Balaban J connectivity index is 1.50. The molecule has 0 aliphatic carbocycles. The predicted octanol–water partition coefficient (Wildman–Crippen LogP) is 1.89. The fourth-order valence-electron chi connectivity index (χ4n) is 2.46. The number of ether oxygens (including phenoxy) is 1. The normalized spacial score (nSPS) is 18.9. The van der Waals surface area contributed by atoms with Crippen LogP contribution in [0.3, 0.4) is 0 Å². The number of hydrogen-bond donors (Lipinski definition) is 2. The van der Waals surface area contributed by atoms with E-state index in [0.29, 0.717) is 12.5 Å². The molecule has 1 atom stereocenters. The second-order valence-corrected chi connectivity index (χ2v) is 5.10. The maximum atomic E-state index is 5.66. The van der Waals surface area contributed by atoms with E-state index in [4.69, 9.17) is 4.74 Å². The average Bonchev–Trinajstić information content (AvgIpc) is 2.98. The Morgan fingerprint density at radius 3 is 2.95 bits per heavy atom. The molecule has 0 spiro atoms. The first-order valence-corrected chi connectivity index (χ1v) is 7.21. The van der Waals surface area contributed by atoms with Crippen LogP contribution in [0.1, 0.15) is 30.4 Å². The molecule has 20 heavy (non-hydrogen) atoms. The number of benzene rings is 1. The number of aromatic nitrogens is 3. The lowest BCUT2D eigenvalue weighted by Gasteiger charge is -2.19. The van der Waals surface area contributed by atoms with Gasteiger partial charge in [-0.3, -0.25) is 5.10 Å². The maximum absolute atomic E-state index is 5.66. The molecule has 3 rings (SSSR count).